The number of pyridine rings is 2. The lowest BCUT2D eigenvalue weighted by Gasteiger charge is -2.15. The van der Waals surface area contributed by atoms with Gasteiger partial charge in [-0.2, -0.15) is 0 Å². The number of hydrogen-bond acceptors (Lipinski definition) is 5. The van der Waals surface area contributed by atoms with Crippen molar-refractivity contribution in [3.05, 3.63) is 76.3 Å². The number of aromatic nitrogens is 2. The predicted octanol–water partition coefficient (Wildman–Crippen LogP) is 4.51. The monoisotopic (exact) mass is 463 g/mol. The van der Waals surface area contributed by atoms with Gasteiger partial charge in [-0.1, -0.05) is 19.1 Å². The zero-order valence-electron chi connectivity index (χ0n) is 18.9. The number of aryl methyl sites for hydroxylation is 2. The highest BCUT2D eigenvalue weighted by Crippen LogP contribution is 2.38. The van der Waals surface area contributed by atoms with E-state index in [1.54, 1.807) is 25.4 Å². The first-order valence-electron chi connectivity index (χ1n) is 10.5. The van der Waals surface area contributed by atoms with E-state index in [9.17, 15) is 13.2 Å². The molecule has 0 atom stereocenters. The molecule has 0 saturated heterocycles. The van der Waals surface area contributed by atoms with Gasteiger partial charge >= 0.3 is 0 Å². The second kappa shape index (κ2) is 8.71. The van der Waals surface area contributed by atoms with E-state index in [0.29, 0.717) is 16.8 Å². The first-order valence-corrected chi connectivity index (χ1v) is 12.4. The molecular formula is C25H25N3O4S. The van der Waals surface area contributed by atoms with E-state index in [1.165, 1.54) is 0 Å². The molecule has 2 aromatic carbocycles. The number of rotatable bonds is 6. The van der Waals surface area contributed by atoms with Gasteiger partial charge in [0.1, 0.15) is 5.75 Å². The number of fused-ring (bicyclic) bond motifs is 1. The van der Waals surface area contributed by atoms with Crippen molar-refractivity contribution < 1.29 is 13.2 Å². The lowest BCUT2D eigenvalue weighted by Crippen LogP contribution is -2.10. The van der Waals surface area contributed by atoms with Crippen molar-refractivity contribution in [3.63, 3.8) is 0 Å². The van der Waals surface area contributed by atoms with Crippen molar-refractivity contribution in [2.24, 2.45) is 0 Å². The van der Waals surface area contributed by atoms with Crippen LogP contribution in [-0.2, 0) is 16.4 Å². The molecule has 170 valence electrons. The van der Waals surface area contributed by atoms with Crippen LogP contribution in [-0.4, -0.2) is 31.8 Å². The topological polar surface area (TPSA) is 101 Å². The molecule has 2 heterocycles. The number of aromatic amines is 1. The minimum atomic E-state index is -3.34. The number of nitrogens with zero attached hydrogens (tertiary/aromatic N) is 1. The molecule has 8 heteroatoms. The van der Waals surface area contributed by atoms with Crippen LogP contribution >= 0.6 is 0 Å². The normalized spacial score (nSPS) is 11.5. The molecule has 0 aliphatic rings. The van der Waals surface area contributed by atoms with Gasteiger partial charge < -0.3 is 9.72 Å². The van der Waals surface area contributed by atoms with Crippen LogP contribution in [0.15, 0.2) is 59.5 Å². The molecule has 0 saturated carbocycles. The maximum Gasteiger partial charge on any atom is 0.256 e. The van der Waals surface area contributed by atoms with Crippen LogP contribution in [0, 0.1) is 6.92 Å². The summed E-state index contributed by atoms with van der Waals surface area (Å²) in [6.45, 7) is 3.88. The minimum absolute atomic E-state index is 0.164. The van der Waals surface area contributed by atoms with Crippen molar-refractivity contribution in [3.8, 4) is 28.0 Å². The van der Waals surface area contributed by atoms with Gasteiger partial charge in [0.25, 0.3) is 5.56 Å². The lowest BCUT2D eigenvalue weighted by molar-refractivity contribution is 0.415. The SMILES string of the molecule is CCc1cc(-c2ccc(C)[nH]c2=O)c2ncc(-c3ccc(NS(C)(=O)=O)cc3)cc2c1OC. The van der Waals surface area contributed by atoms with Gasteiger partial charge in [-0.05, 0) is 60.9 Å². The fourth-order valence-electron chi connectivity index (χ4n) is 3.93. The number of benzene rings is 2. The molecule has 0 bridgehead atoms. The molecule has 0 aliphatic heterocycles. The molecule has 0 fully saturated rings. The number of methoxy groups -OCH3 is 1. The minimum Gasteiger partial charge on any atom is -0.496 e. The van der Waals surface area contributed by atoms with Crippen LogP contribution < -0.4 is 15.0 Å². The van der Waals surface area contributed by atoms with E-state index in [2.05, 4.69) is 9.71 Å². The predicted molar refractivity (Wildman–Crippen MR) is 132 cm³/mol. The van der Waals surface area contributed by atoms with Gasteiger partial charge in [-0.15, -0.1) is 0 Å². The van der Waals surface area contributed by atoms with Crippen molar-refractivity contribution in [2.45, 2.75) is 20.3 Å². The van der Waals surface area contributed by atoms with Crippen molar-refractivity contribution >= 4 is 26.6 Å². The Kier molecular flexibility index (Phi) is 5.95. The summed E-state index contributed by atoms with van der Waals surface area (Å²) in [5.74, 6) is 0.726. The molecule has 0 aliphatic carbocycles. The van der Waals surface area contributed by atoms with Crippen LogP contribution in [0.2, 0.25) is 0 Å². The molecule has 4 rings (SSSR count). The lowest BCUT2D eigenvalue weighted by atomic mass is 9.95. The molecule has 2 N–H and O–H groups in total. The van der Waals surface area contributed by atoms with Gasteiger partial charge in [0.2, 0.25) is 10.0 Å². The number of hydrogen-bond donors (Lipinski definition) is 2. The van der Waals surface area contributed by atoms with Gasteiger partial charge in [-0.3, -0.25) is 14.5 Å². The quantitative estimate of drug-likeness (QED) is 0.438. The average molecular weight is 464 g/mol. The largest absolute Gasteiger partial charge is 0.496 e. The van der Waals surface area contributed by atoms with E-state index >= 15 is 0 Å². The molecule has 33 heavy (non-hydrogen) atoms. The van der Waals surface area contributed by atoms with Crippen LogP contribution in [0.25, 0.3) is 33.2 Å². The Labute approximate surface area is 192 Å². The van der Waals surface area contributed by atoms with E-state index in [4.69, 9.17) is 9.72 Å². The van der Waals surface area contributed by atoms with Gasteiger partial charge in [-0.25, -0.2) is 8.42 Å². The summed E-state index contributed by atoms with van der Waals surface area (Å²) >= 11 is 0. The first kappa shape index (κ1) is 22.5. The average Bonchev–Trinajstić information content (AvgIpc) is 2.77. The summed E-state index contributed by atoms with van der Waals surface area (Å²) in [5, 5.41) is 0.808. The first-order chi connectivity index (χ1) is 15.7. The molecule has 7 nitrogen and oxygen atoms in total. The third-order valence-electron chi connectivity index (χ3n) is 5.45. The number of sulfonamides is 1. The summed E-state index contributed by atoms with van der Waals surface area (Å²) in [4.78, 5) is 20.3. The van der Waals surface area contributed by atoms with Crippen LogP contribution in [0.4, 0.5) is 5.69 Å². The highest BCUT2D eigenvalue weighted by molar-refractivity contribution is 7.92. The number of ether oxygens (including phenoxy) is 1. The smallest absolute Gasteiger partial charge is 0.256 e. The van der Waals surface area contributed by atoms with Crippen LogP contribution in [0.5, 0.6) is 5.75 Å². The molecule has 0 amide bonds. The maximum absolute atomic E-state index is 12.7. The van der Waals surface area contributed by atoms with Crippen LogP contribution in [0.3, 0.4) is 0 Å². The Morgan fingerprint density at radius 3 is 2.36 bits per heavy atom. The second-order valence-electron chi connectivity index (χ2n) is 7.93. The van der Waals surface area contributed by atoms with E-state index in [-0.39, 0.29) is 5.56 Å². The molecule has 0 radical (unpaired) electrons. The molecule has 0 unspecified atom stereocenters. The molecule has 2 aromatic heterocycles. The zero-order valence-corrected chi connectivity index (χ0v) is 19.7. The maximum atomic E-state index is 12.7. The Morgan fingerprint density at radius 2 is 1.76 bits per heavy atom. The standard InChI is InChI=1S/C25H25N3O4S/c1-5-16-12-21(20-11-6-15(2)27-25(20)29)23-22(24(16)32-3)13-18(14-26-23)17-7-9-19(10-8-17)28-33(4,30)31/h6-14,28H,5H2,1-4H3,(H,27,29). The Morgan fingerprint density at radius 1 is 1.03 bits per heavy atom. The molecule has 0 spiro atoms. The summed E-state index contributed by atoms with van der Waals surface area (Å²) in [6.07, 6.45) is 3.59. The zero-order chi connectivity index (χ0) is 23.8. The summed E-state index contributed by atoms with van der Waals surface area (Å²) in [7, 11) is -1.71. The van der Waals surface area contributed by atoms with Crippen LogP contribution in [0.1, 0.15) is 18.2 Å². The third-order valence-corrected chi connectivity index (χ3v) is 6.06. The fraction of sp³-hybridized carbons (Fsp3) is 0.200. The number of nitrogens with one attached hydrogen (secondary N) is 2. The summed E-state index contributed by atoms with van der Waals surface area (Å²) in [6, 6.07) is 14.7. The second-order valence-corrected chi connectivity index (χ2v) is 9.67. The van der Waals surface area contributed by atoms with Crippen molar-refractivity contribution in [1.82, 2.24) is 9.97 Å². The third kappa shape index (κ3) is 4.61. The highest BCUT2D eigenvalue weighted by atomic mass is 32.2. The Balaban J connectivity index is 1.90. The fourth-order valence-corrected chi connectivity index (χ4v) is 4.49. The van der Waals surface area contributed by atoms with E-state index in [0.717, 1.165) is 51.8 Å². The Bertz CT molecular complexity index is 1510. The van der Waals surface area contributed by atoms with Gasteiger partial charge in [0, 0.05) is 39.7 Å². The molecular weight excluding hydrogens is 438 g/mol. The Hall–Kier alpha value is -3.65. The summed E-state index contributed by atoms with van der Waals surface area (Å²) in [5.41, 5.74) is 5.81. The van der Waals surface area contributed by atoms with E-state index < -0.39 is 10.0 Å². The summed E-state index contributed by atoms with van der Waals surface area (Å²) < 4.78 is 31.1. The molecule has 4 aromatic rings. The number of anilines is 1. The van der Waals surface area contributed by atoms with Gasteiger partial charge in [0.15, 0.2) is 0 Å². The van der Waals surface area contributed by atoms with E-state index in [1.807, 2.05) is 50.2 Å². The van der Waals surface area contributed by atoms with Gasteiger partial charge in [0.05, 0.1) is 18.9 Å². The van der Waals surface area contributed by atoms with Crippen molar-refractivity contribution in [2.75, 3.05) is 18.1 Å². The van der Waals surface area contributed by atoms with Crippen molar-refractivity contribution in [1.29, 1.82) is 0 Å². The highest BCUT2D eigenvalue weighted by Gasteiger charge is 2.17. The number of H-pyrrole nitrogens is 1.